The molecule has 0 fully saturated rings. The van der Waals surface area contributed by atoms with Crippen LogP contribution >= 0.6 is 11.6 Å². The molecule has 1 aromatic heterocycles. The van der Waals surface area contributed by atoms with Gasteiger partial charge in [-0.3, -0.25) is 0 Å². The van der Waals surface area contributed by atoms with Gasteiger partial charge in [0, 0.05) is 17.8 Å². The van der Waals surface area contributed by atoms with E-state index in [2.05, 4.69) is 51.4 Å². The van der Waals surface area contributed by atoms with Crippen molar-refractivity contribution in [3.8, 4) is 0 Å². The summed E-state index contributed by atoms with van der Waals surface area (Å²) in [6.45, 7) is 4.13. The minimum atomic E-state index is 0.361. The van der Waals surface area contributed by atoms with E-state index in [1.54, 1.807) is 0 Å². The lowest BCUT2D eigenvalue weighted by molar-refractivity contribution is 0.747. The minimum absolute atomic E-state index is 0.361. The normalized spacial score (nSPS) is 16.0. The van der Waals surface area contributed by atoms with Crippen molar-refractivity contribution < 1.29 is 0 Å². The highest BCUT2D eigenvalue weighted by Crippen LogP contribution is 2.38. The summed E-state index contributed by atoms with van der Waals surface area (Å²) in [4.78, 5) is 11.5. The molecule has 0 bridgehead atoms. The number of para-hydroxylation sites is 2. The van der Waals surface area contributed by atoms with Crippen LogP contribution in [0.1, 0.15) is 18.3 Å². The lowest BCUT2D eigenvalue weighted by Gasteiger charge is -2.24. The van der Waals surface area contributed by atoms with Crippen molar-refractivity contribution in [2.24, 2.45) is 0 Å². The summed E-state index contributed by atoms with van der Waals surface area (Å²) in [5.74, 6) is 2.37. The van der Waals surface area contributed by atoms with Gasteiger partial charge in [-0.05, 0) is 44.0 Å². The molecule has 0 saturated carbocycles. The molecule has 4 rings (SSSR count). The molecule has 126 valence electrons. The van der Waals surface area contributed by atoms with Gasteiger partial charge in [0.25, 0.3) is 0 Å². The Labute approximate surface area is 152 Å². The molecule has 5 heteroatoms. The van der Waals surface area contributed by atoms with Crippen LogP contribution in [-0.4, -0.2) is 16.0 Å². The molecule has 1 aliphatic rings. The maximum absolute atomic E-state index is 6.25. The molecule has 0 aliphatic carbocycles. The fourth-order valence-corrected chi connectivity index (χ4v) is 3.54. The molecule has 2 aromatic carbocycles. The maximum atomic E-state index is 6.25. The van der Waals surface area contributed by atoms with Gasteiger partial charge in [-0.1, -0.05) is 41.9 Å². The average molecular weight is 351 g/mol. The van der Waals surface area contributed by atoms with Crippen molar-refractivity contribution in [2.45, 2.75) is 26.3 Å². The van der Waals surface area contributed by atoms with E-state index in [-0.39, 0.29) is 0 Å². The number of halogens is 1. The fraction of sp³-hybridized carbons (Fsp3) is 0.200. The van der Waals surface area contributed by atoms with Gasteiger partial charge < -0.3 is 10.2 Å². The lowest BCUT2D eigenvalue weighted by atomic mass is 10.1. The molecule has 0 spiro atoms. The third kappa shape index (κ3) is 3.05. The predicted molar refractivity (Wildman–Crippen MR) is 103 cm³/mol. The Hall–Kier alpha value is -2.59. The first-order valence-electron chi connectivity index (χ1n) is 8.36. The quantitative estimate of drug-likeness (QED) is 0.699. The van der Waals surface area contributed by atoms with E-state index in [0.29, 0.717) is 11.1 Å². The summed E-state index contributed by atoms with van der Waals surface area (Å²) in [6, 6.07) is 18.5. The lowest BCUT2D eigenvalue weighted by Crippen LogP contribution is -2.25. The van der Waals surface area contributed by atoms with Crippen molar-refractivity contribution in [1.29, 1.82) is 0 Å². The zero-order valence-corrected chi connectivity index (χ0v) is 15.0. The van der Waals surface area contributed by atoms with E-state index in [0.717, 1.165) is 29.6 Å². The molecule has 25 heavy (non-hydrogen) atoms. The summed E-state index contributed by atoms with van der Waals surface area (Å²) in [7, 11) is 0. The Morgan fingerprint density at radius 3 is 2.68 bits per heavy atom. The number of hydrogen-bond acceptors (Lipinski definition) is 4. The summed E-state index contributed by atoms with van der Waals surface area (Å²) in [5, 5.41) is 3.97. The zero-order chi connectivity index (χ0) is 17.4. The highest BCUT2D eigenvalue weighted by atomic mass is 35.5. The molecule has 4 nitrogen and oxygen atoms in total. The van der Waals surface area contributed by atoms with Gasteiger partial charge in [0.1, 0.15) is 17.5 Å². The monoisotopic (exact) mass is 350 g/mol. The molecular weight excluding hydrogens is 332 g/mol. The molecule has 0 radical (unpaired) electrons. The van der Waals surface area contributed by atoms with Crippen LogP contribution < -0.4 is 10.2 Å². The van der Waals surface area contributed by atoms with Gasteiger partial charge in [-0.25, -0.2) is 9.97 Å². The molecule has 0 saturated heterocycles. The van der Waals surface area contributed by atoms with Crippen LogP contribution in [0, 0.1) is 6.92 Å². The van der Waals surface area contributed by atoms with Crippen LogP contribution in [0.2, 0.25) is 5.02 Å². The number of rotatable bonds is 3. The SMILES string of the molecule is Cc1nc(Nc2ccccc2Cl)cc(N2c3ccccc3CC2C)n1. The Morgan fingerprint density at radius 2 is 1.84 bits per heavy atom. The number of aryl methyl sites for hydroxylation is 1. The van der Waals surface area contributed by atoms with Crippen molar-refractivity contribution in [1.82, 2.24) is 9.97 Å². The number of aromatic nitrogens is 2. The molecule has 1 unspecified atom stereocenters. The van der Waals surface area contributed by atoms with E-state index >= 15 is 0 Å². The van der Waals surface area contributed by atoms with Gasteiger partial charge >= 0.3 is 0 Å². The van der Waals surface area contributed by atoms with Gasteiger partial charge in [0.05, 0.1) is 10.7 Å². The first-order chi connectivity index (χ1) is 12.1. The predicted octanol–water partition coefficient (Wildman–Crippen LogP) is 5.26. The van der Waals surface area contributed by atoms with Crippen molar-refractivity contribution >= 4 is 34.6 Å². The topological polar surface area (TPSA) is 41.1 Å². The van der Waals surface area contributed by atoms with E-state index in [1.807, 2.05) is 37.3 Å². The van der Waals surface area contributed by atoms with Crippen LogP contribution in [0.4, 0.5) is 23.0 Å². The third-order valence-corrected chi connectivity index (χ3v) is 4.74. The van der Waals surface area contributed by atoms with E-state index in [1.165, 1.54) is 11.3 Å². The molecule has 0 amide bonds. The van der Waals surface area contributed by atoms with Gasteiger partial charge in [-0.2, -0.15) is 0 Å². The Morgan fingerprint density at radius 1 is 1.08 bits per heavy atom. The molecule has 1 N–H and O–H groups in total. The van der Waals surface area contributed by atoms with Gasteiger partial charge in [0.15, 0.2) is 0 Å². The maximum Gasteiger partial charge on any atom is 0.139 e. The number of anilines is 4. The standard InChI is InChI=1S/C20H19ClN4/c1-13-11-15-7-3-6-10-18(15)25(13)20-12-19(22-14(2)23-20)24-17-9-5-4-8-16(17)21/h3-10,12-13H,11H2,1-2H3,(H,22,23,24). The minimum Gasteiger partial charge on any atom is -0.339 e. The number of hydrogen-bond donors (Lipinski definition) is 1. The van der Waals surface area contributed by atoms with E-state index in [9.17, 15) is 0 Å². The molecule has 1 aliphatic heterocycles. The molecule has 1 atom stereocenters. The summed E-state index contributed by atoms with van der Waals surface area (Å²) >= 11 is 6.25. The Bertz CT molecular complexity index is 925. The van der Waals surface area contributed by atoms with E-state index in [4.69, 9.17) is 11.6 Å². The number of nitrogens with zero attached hydrogens (tertiary/aromatic N) is 3. The Kier molecular flexibility index (Phi) is 4.06. The summed E-state index contributed by atoms with van der Waals surface area (Å²) in [6.07, 6.45) is 1.02. The van der Waals surface area contributed by atoms with Gasteiger partial charge in [-0.15, -0.1) is 0 Å². The number of fused-ring (bicyclic) bond motifs is 1. The second-order valence-electron chi connectivity index (χ2n) is 6.32. The van der Waals surface area contributed by atoms with Crippen LogP contribution in [0.15, 0.2) is 54.6 Å². The fourth-order valence-electron chi connectivity index (χ4n) is 3.35. The first kappa shape index (κ1) is 15.9. The molecule has 3 aromatic rings. The largest absolute Gasteiger partial charge is 0.339 e. The smallest absolute Gasteiger partial charge is 0.139 e. The average Bonchev–Trinajstić information content (AvgIpc) is 2.92. The van der Waals surface area contributed by atoms with Crippen molar-refractivity contribution in [3.05, 3.63) is 71.0 Å². The number of benzene rings is 2. The van der Waals surface area contributed by atoms with Crippen LogP contribution in [-0.2, 0) is 6.42 Å². The van der Waals surface area contributed by atoms with Crippen LogP contribution in [0.5, 0.6) is 0 Å². The summed E-state index contributed by atoms with van der Waals surface area (Å²) < 4.78 is 0. The third-order valence-electron chi connectivity index (χ3n) is 4.42. The van der Waals surface area contributed by atoms with Crippen LogP contribution in [0.25, 0.3) is 0 Å². The highest BCUT2D eigenvalue weighted by molar-refractivity contribution is 6.33. The zero-order valence-electron chi connectivity index (χ0n) is 14.2. The van der Waals surface area contributed by atoms with Crippen LogP contribution in [0.3, 0.4) is 0 Å². The van der Waals surface area contributed by atoms with Crippen molar-refractivity contribution in [2.75, 3.05) is 10.2 Å². The molecule has 2 heterocycles. The van der Waals surface area contributed by atoms with E-state index < -0.39 is 0 Å². The Balaban J connectivity index is 1.72. The number of nitrogens with one attached hydrogen (secondary N) is 1. The second kappa shape index (κ2) is 6.37. The second-order valence-corrected chi connectivity index (χ2v) is 6.72. The van der Waals surface area contributed by atoms with Crippen molar-refractivity contribution in [3.63, 3.8) is 0 Å². The molecular formula is C20H19ClN4. The summed E-state index contributed by atoms with van der Waals surface area (Å²) in [5.41, 5.74) is 3.41. The highest BCUT2D eigenvalue weighted by Gasteiger charge is 2.28. The first-order valence-corrected chi connectivity index (χ1v) is 8.74. The van der Waals surface area contributed by atoms with Gasteiger partial charge in [0.2, 0.25) is 0 Å².